The van der Waals surface area contributed by atoms with Crippen molar-refractivity contribution >= 4 is 35.1 Å². The van der Waals surface area contributed by atoms with Gasteiger partial charge < -0.3 is 21.1 Å². The number of hydrogen-bond donors (Lipinski definition) is 4. The Balaban J connectivity index is 1.44. The number of halogens is 2. The molecule has 0 saturated carbocycles. The third kappa shape index (κ3) is 6.74. The molecule has 0 fully saturated rings. The zero-order valence-electron chi connectivity index (χ0n) is 22.4. The second-order valence-corrected chi connectivity index (χ2v) is 10.2. The monoisotopic (exact) mass is 590 g/mol. The number of nitrogens with one attached hydrogen (secondary N) is 3. The second kappa shape index (κ2) is 12.8. The summed E-state index contributed by atoms with van der Waals surface area (Å²) in [5.41, 5.74) is 2.27. The fourth-order valence-corrected chi connectivity index (χ4v) is 5.15. The number of rotatable bonds is 10. The van der Waals surface area contributed by atoms with Gasteiger partial charge in [-0.05, 0) is 42.2 Å². The van der Waals surface area contributed by atoms with Crippen LogP contribution in [0.15, 0.2) is 71.5 Å². The summed E-state index contributed by atoms with van der Waals surface area (Å²) in [6, 6.07) is 17.0. The Hall–Kier alpha value is -4.77. The van der Waals surface area contributed by atoms with Gasteiger partial charge in [0.15, 0.2) is 11.0 Å². The van der Waals surface area contributed by atoms with Crippen LogP contribution in [0.2, 0.25) is 5.15 Å². The molecule has 0 aliphatic carbocycles. The van der Waals surface area contributed by atoms with E-state index in [0.29, 0.717) is 11.3 Å². The average Bonchev–Trinajstić information content (AvgIpc) is 2.98. The summed E-state index contributed by atoms with van der Waals surface area (Å²) in [7, 11) is 0. The van der Waals surface area contributed by atoms with Crippen molar-refractivity contribution in [2.45, 2.75) is 38.4 Å². The highest BCUT2D eigenvalue weighted by atomic mass is 35.5. The molecule has 3 heterocycles. The van der Waals surface area contributed by atoms with Crippen molar-refractivity contribution in [3.05, 3.63) is 105 Å². The van der Waals surface area contributed by atoms with Gasteiger partial charge in [0.05, 0.1) is 30.4 Å². The van der Waals surface area contributed by atoms with E-state index < -0.39 is 42.3 Å². The molecule has 1 atom stereocenters. The van der Waals surface area contributed by atoms with Crippen LogP contribution in [0.4, 0.5) is 16.0 Å². The van der Waals surface area contributed by atoms with Gasteiger partial charge in [-0.2, -0.15) is 0 Å². The van der Waals surface area contributed by atoms with E-state index in [9.17, 15) is 23.9 Å². The number of carboxylic acids is 1. The molecule has 12 heteroatoms. The lowest BCUT2D eigenvalue weighted by Crippen LogP contribution is -2.37. The normalized spacial score (nSPS) is 13.0. The predicted octanol–water partition coefficient (Wildman–Crippen LogP) is 4.40. The molecular weight excluding hydrogens is 563 g/mol. The van der Waals surface area contributed by atoms with Gasteiger partial charge in [-0.1, -0.05) is 60.1 Å². The number of carboxylic acid groups (broad SMARTS) is 1. The van der Waals surface area contributed by atoms with E-state index in [1.54, 1.807) is 30.3 Å². The number of pyridine rings is 1. The number of carbonyl (C=O) groups is 2. The van der Waals surface area contributed by atoms with Crippen molar-refractivity contribution in [3.63, 3.8) is 0 Å². The van der Waals surface area contributed by atoms with Crippen LogP contribution in [-0.4, -0.2) is 38.1 Å². The van der Waals surface area contributed by atoms with E-state index in [4.69, 9.17) is 11.6 Å². The zero-order chi connectivity index (χ0) is 29.6. The number of benzene rings is 2. The minimum Gasteiger partial charge on any atom is -0.481 e. The van der Waals surface area contributed by atoms with Crippen molar-refractivity contribution in [1.29, 1.82) is 0 Å². The minimum atomic E-state index is -1.18. The Kier molecular flexibility index (Phi) is 8.77. The van der Waals surface area contributed by atoms with Crippen LogP contribution in [0, 0.1) is 5.82 Å². The zero-order valence-corrected chi connectivity index (χ0v) is 23.2. The smallest absolute Gasteiger partial charge is 0.305 e. The Morgan fingerprint density at radius 1 is 1.10 bits per heavy atom. The number of carbonyl (C=O) groups excluding carboxylic acids is 1. The van der Waals surface area contributed by atoms with Gasteiger partial charge >= 0.3 is 5.97 Å². The van der Waals surface area contributed by atoms with Crippen LogP contribution < -0.4 is 21.5 Å². The second-order valence-electron chi connectivity index (χ2n) is 9.82. The molecule has 1 amide bonds. The number of nitrogens with zero attached hydrogens (tertiary/aromatic N) is 3. The molecule has 0 unspecified atom stereocenters. The first-order valence-corrected chi connectivity index (χ1v) is 13.7. The van der Waals surface area contributed by atoms with Crippen LogP contribution in [0.1, 0.15) is 35.7 Å². The molecule has 1 aliphatic heterocycles. The maximum atomic E-state index is 13.9. The lowest BCUT2D eigenvalue weighted by molar-refractivity contribution is -0.137. The van der Waals surface area contributed by atoms with Gasteiger partial charge in [-0.25, -0.2) is 14.4 Å². The standard InChI is InChI=1S/C30H28ClFN6O4/c31-27-26(18-6-2-1-3-7-18)38(17-24(39)36-23(15-25(40)41)20-8-4-10-21(32)14-20)30(42)29(37-27)34-16-22-12-11-19-9-5-13-33-28(19)35-22/h1-4,6-8,10-12,14,23H,5,9,13,15-17H2,(H,33,35)(H,34,37)(H,36,39)(H,40,41)/t23-/m0/s1. The summed E-state index contributed by atoms with van der Waals surface area (Å²) in [5.74, 6) is -1.68. The van der Waals surface area contributed by atoms with Crippen molar-refractivity contribution in [3.8, 4) is 11.3 Å². The SMILES string of the molecule is O=C(O)C[C@H](NC(=O)Cn1c(-c2ccccc2)c(Cl)nc(NCc2ccc3c(n2)NCCC3)c1=O)c1cccc(F)c1. The van der Waals surface area contributed by atoms with E-state index in [1.807, 2.05) is 12.1 Å². The van der Waals surface area contributed by atoms with Gasteiger partial charge in [0.1, 0.15) is 18.2 Å². The molecule has 1 aliphatic rings. The van der Waals surface area contributed by atoms with E-state index in [2.05, 4.69) is 25.9 Å². The molecule has 0 saturated heterocycles. The quantitative estimate of drug-likeness (QED) is 0.213. The predicted molar refractivity (Wildman–Crippen MR) is 157 cm³/mol. The molecule has 216 valence electrons. The highest BCUT2D eigenvalue weighted by molar-refractivity contribution is 6.32. The lowest BCUT2D eigenvalue weighted by Gasteiger charge is -2.20. The van der Waals surface area contributed by atoms with Gasteiger partial charge in [0, 0.05) is 12.1 Å². The van der Waals surface area contributed by atoms with Gasteiger partial charge in [-0.3, -0.25) is 19.0 Å². The number of anilines is 2. The molecule has 4 aromatic rings. The number of aliphatic carboxylic acids is 1. The van der Waals surface area contributed by atoms with E-state index in [1.165, 1.54) is 22.8 Å². The molecule has 0 radical (unpaired) electrons. The first-order chi connectivity index (χ1) is 20.3. The maximum Gasteiger partial charge on any atom is 0.305 e. The van der Waals surface area contributed by atoms with Crippen LogP contribution in [0.25, 0.3) is 11.3 Å². The number of fused-ring (bicyclic) bond motifs is 1. The first-order valence-electron chi connectivity index (χ1n) is 13.4. The van der Waals surface area contributed by atoms with Gasteiger partial charge in [0.2, 0.25) is 5.91 Å². The third-order valence-electron chi connectivity index (χ3n) is 6.83. The van der Waals surface area contributed by atoms with Crippen molar-refractivity contribution in [2.24, 2.45) is 0 Å². The maximum absolute atomic E-state index is 13.9. The van der Waals surface area contributed by atoms with E-state index in [0.717, 1.165) is 36.8 Å². The molecule has 0 bridgehead atoms. The summed E-state index contributed by atoms with van der Waals surface area (Å²) >= 11 is 6.60. The molecule has 2 aromatic carbocycles. The van der Waals surface area contributed by atoms with Crippen LogP contribution >= 0.6 is 11.6 Å². The van der Waals surface area contributed by atoms with Crippen molar-refractivity contribution in [2.75, 3.05) is 17.2 Å². The van der Waals surface area contributed by atoms with Gasteiger partial charge in [-0.15, -0.1) is 0 Å². The number of aromatic nitrogens is 3. The number of hydrogen-bond acceptors (Lipinski definition) is 7. The van der Waals surface area contributed by atoms with Crippen molar-refractivity contribution < 1.29 is 19.1 Å². The molecule has 0 spiro atoms. The summed E-state index contributed by atoms with van der Waals surface area (Å²) < 4.78 is 15.1. The summed E-state index contributed by atoms with van der Waals surface area (Å²) in [5, 5.41) is 18.3. The van der Waals surface area contributed by atoms with Crippen LogP contribution in [0.5, 0.6) is 0 Å². The lowest BCUT2D eigenvalue weighted by atomic mass is 10.0. The molecule has 4 N–H and O–H groups in total. The Morgan fingerprint density at radius 2 is 1.90 bits per heavy atom. The molecule has 10 nitrogen and oxygen atoms in total. The highest BCUT2D eigenvalue weighted by Crippen LogP contribution is 2.27. The molecule has 5 rings (SSSR count). The highest BCUT2D eigenvalue weighted by Gasteiger charge is 2.23. The molecule has 42 heavy (non-hydrogen) atoms. The van der Waals surface area contributed by atoms with Crippen molar-refractivity contribution in [1.82, 2.24) is 19.9 Å². The summed E-state index contributed by atoms with van der Waals surface area (Å²) in [6.45, 7) is 0.533. The molecule has 2 aromatic heterocycles. The third-order valence-corrected chi connectivity index (χ3v) is 7.09. The Morgan fingerprint density at radius 3 is 2.67 bits per heavy atom. The molecular formula is C30H28ClFN6O4. The average molecular weight is 591 g/mol. The first kappa shape index (κ1) is 28.7. The van der Waals surface area contributed by atoms with E-state index >= 15 is 0 Å². The Bertz CT molecular complexity index is 1680. The minimum absolute atomic E-state index is 0.0108. The Labute approximate surface area is 245 Å². The fraction of sp³-hybridized carbons (Fsp3) is 0.233. The van der Waals surface area contributed by atoms with Gasteiger partial charge in [0.25, 0.3) is 5.56 Å². The van der Waals surface area contributed by atoms with Crippen LogP contribution in [-0.2, 0) is 29.1 Å². The topological polar surface area (TPSA) is 138 Å². The van der Waals surface area contributed by atoms with E-state index in [-0.39, 0.29) is 28.8 Å². The fourth-order valence-electron chi connectivity index (χ4n) is 4.85. The number of aryl methyl sites for hydroxylation is 1. The van der Waals surface area contributed by atoms with Crippen LogP contribution in [0.3, 0.4) is 0 Å². The summed E-state index contributed by atoms with van der Waals surface area (Å²) in [6.07, 6.45) is 1.50. The number of amides is 1. The summed E-state index contributed by atoms with van der Waals surface area (Å²) in [4.78, 5) is 47.4. The largest absolute Gasteiger partial charge is 0.481 e.